The highest BCUT2D eigenvalue weighted by Gasteiger charge is 2.29. The number of likely N-dealkylation sites (tertiary alicyclic amines) is 1. The van der Waals surface area contributed by atoms with Gasteiger partial charge in [0.05, 0.1) is 11.3 Å². The monoisotopic (exact) mass is 574 g/mol. The molecule has 0 unspecified atom stereocenters. The van der Waals surface area contributed by atoms with Gasteiger partial charge in [0.25, 0.3) is 0 Å². The van der Waals surface area contributed by atoms with Crippen LogP contribution >= 0.6 is 0 Å². The maximum Gasteiger partial charge on any atom is 0.410 e. The second kappa shape index (κ2) is 12.4. The second-order valence-electron chi connectivity index (χ2n) is 11.0. The van der Waals surface area contributed by atoms with Gasteiger partial charge in [-0.3, -0.25) is 0 Å². The number of pyridine rings is 1. The maximum absolute atomic E-state index is 12.9. The van der Waals surface area contributed by atoms with Crippen molar-refractivity contribution in [2.24, 2.45) is 5.92 Å². The molecule has 43 heavy (non-hydrogen) atoms. The number of hydrogen-bond acceptors (Lipinski definition) is 8. The predicted octanol–water partition coefficient (Wildman–Crippen LogP) is 6.83. The van der Waals surface area contributed by atoms with E-state index < -0.39 is 0 Å². The molecule has 3 N–H and O–H groups in total. The van der Waals surface area contributed by atoms with Gasteiger partial charge in [0.15, 0.2) is 0 Å². The molecule has 0 aliphatic carbocycles. The summed E-state index contributed by atoms with van der Waals surface area (Å²) in [5.41, 5.74) is 10.3. The van der Waals surface area contributed by atoms with E-state index in [9.17, 15) is 4.79 Å². The van der Waals surface area contributed by atoms with Gasteiger partial charge in [-0.1, -0.05) is 61.5 Å². The van der Waals surface area contributed by atoms with Gasteiger partial charge in [-0.2, -0.15) is 0 Å². The smallest absolute Gasteiger partial charge is 0.410 e. The molecule has 9 nitrogen and oxygen atoms in total. The molecule has 9 heteroatoms. The molecule has 2 atom stereocenters. The van der Waals surface area contributed by atoms with Gasteiger partial charge in [0.2, 0.25) is 11.8 Å². The number of aryl methyl sites for hydroxylation is 1. The Kier molecular flexibility index (Phi) is 8.04. The molecule has 1 aliphatic heterocycles. The minimum Gasteiger partial charge on any atom is -0.445 e. The molecular formula is C34H34N6O3. The van der Waals surface area contributed by atoms with E-state index in [1.807, 2.05) is 85.8 Å². The Balaban J connectivity index is 1.19. The summed E-state index contributed by atoms with van der Waals surface area (Å²) >= 11 is 0. The van der Waals surface area contributed by atoms with Crippen molar-refractivity contribution in [3.05, 3.63) is 102 Å². The fraction of sp³-hybridized carbons (Fsp3) is 0.235. The highest BCUT2D eigenvalue weighted by molar-refractivity contribution is 5.97. The molecule has 1 fully saturated rings. The number of benzene rings is 3. The molecule has 1 amide bonds. The summed E-state index contributed by atoms with van der Waals surface area (Å²) in [5.74, 6) is 1.89. The third-order valence-corrected chi connectivity index (χ3v) is 7.60. The number of nitrogens with two attached hydrogens (primary N) is 1. The summed E-state index contributed by atoms with van der Waals surface area (Å²) < 4.78 is 12.1. The summed E-state index contributed by atoms with van der Waals surface area (Å²) in [4.78, 5) is 28.5. The van der Waals surface area contributed by atoms with E-state index in [0.717, 1.165) is 33.9 Å². The Labute approximate surface area is 250 Å². The van der Waals surface area contributed by atoms with E-state index in [1.165, 1.54) is 0 Å². The highest BCUT2D eigenvalue weighted by atomic mass is 16.6. The van der Waals surface area contributed by atoms with Crippen LogP contribution in [0.1, 0.15) is 24.5 Å². The fourth-order valence-electron chi connectivity index (χ4n) is 5.54. The van der Waals surface area contributed by atoms with Gasteiger partial charge in [-0.25, -0.2) is 19.7 Å². The van der Waals surface area contributed by atoms with E-state index in [1.54, 1.807) is 17.3 Å². The van der Waals surface area contributed by atoms with Crippen molar-refractivity contribution in [2.45, 2.75) is 32.9 Å². The highest BCUT2D eigenvalue weighted by Crippen LogP contribution is 2.38. The number of ether oxygens (including phenoxy) is 2. The van der Waals surface area contributed by atoms with Crippen molar-refractivity contribution in [3.63, 3.8) is 0 Å². The topological polar surface area (TPSA) is 115 Å². The molecule has 1 aliphatic rings. The number of nitrogen functional groups attached to an aromatic ring is 1. The number of carbonyl (C=O) groups is 1. The second-order valence-corrected chi connectivity index (χ2v) is 11.0. The molecule has 5 aromatic rings. The van der Waals surface area contributed by atoms with Crippen LogP contribution in [0.25, 0.3) is 22.0 Å². The van der Waals surface area contributed by atoms with E-state index in [0.29, 0.717) is 42.0 Å². The number of amides is 1. The van der Waals surface area contributed by atoms with E-state index in [-0.39, 0.29) is 24.7 Å². The summed E-state index contributed by atoms with van der Waals surface area (Å²) in [6.07, 6.45) is 3.96. The maximum atomic E-state index is 12.9. The zero-order valence-electron chi connectivity index (χ0n) is 24.2. The first-order valence-corrected chi connectivity index (χ1v) is 14.4. The average Bonchev–Trinajstić information content (AvgIpc) is 3.02. The van der Waals surface area contributed by atoms with E-state index in [2.05, 4.69) is 22.2 Å². The van der Waals surface area contributed by atoms with Crippen LogP contribution in [0.2, 0.25) is 0 Å². The SMILES string of the molecule is Cc1ccc2c(N)cccc2c1Oc1ncccc1-c1ccnc(N[C@H]2C[C@@H](C)CN(C(=O)OCc3ccccc3)C2)n1. The van der Waals surface area contributed by atoms with Crippen molar-refractivity contribution in [3.8, 4) is 22.9 Å². The first kappa shape index (κ1) is 28.0. The molecule has 0 radical (unpaired) electrons. The number of hydrogen-bond donors (Lipinski definition) is 2. The molecule has 3 aromatic carbocycles. The van der Waals surface area contributed by atoms with Gasteiger partial charge in [0.1, 0.15) is 12.4 Å². The number of nitrogens with zero attached hydrogens (tertiary/aromatic N) is 4. The van der Waals surface area contributed by atoms with Crippen LogP contribution in [0.4, 0.5) is 16.4 Å². The van der Waals surface area contributed by atoms with Crippen LogP contribution in [0.5, 0.6) is 11.6 Å². The van der Waals surface area contributed by atoms with Gasteiger partial charge in [-0.15, -0.1) is 0 Å². The lowest BCUT2D eigenvalue weighted by Gasteiger charge is -2.36. The number of carbonyl (C=O) groups excluding carboxylic acids is 1. The standard InChI is InChI=1S/C34H34N6O3/c1-22-18-25(20-40(19-22)34(41)42-21-24-8-4-3-5-9-24)38-33-37-17-15-30(39-33)28-11-7-16-36-32(28)43-31-23(2)13-14-26-27(31)10-6-12-29(26)35/h3-17,22,25H,18-21,35H2,1-2H3,(H,37,38,39)/t22-,25+/m1/s1. The summed E-state index contributed by atoms with van der Waals surface area (Å²) in [6.45, 7) is 5.51. The molecule has 3 heterocycles. The lowest BCUT2D eigenvalue weighted by molar-refractivity contribution is 0.0783. The van der Waals surface area contributed by atoms with Gasteiger partial charge in [0, 0.05) is 48.0 Å². The molecule has 6 rings (SSSR count). The Morgan fingerprint density at radius 2 is 1.81 bits per heavy atom. The van der Waals surface area contributed by atoms with E-state index >= 15 is 0 Å². The first-order chi connectivity index (χ1) is 20.9. The van der Waals surface area contributed by atoms with Crippen LogP contribution < -0.4 is 15.8 Å². The lowest BCUT2D eigenvalue weighted by Crippen LogP contribution is -2.48. The van der Waals surface area contributed by atoms with Crippen molar-refractivity contribution in [2.75, 3.05) is 24.1 Å². The Bertz CT molecular complexity index is 1750. The van der Waals surface area contributed by atoms with Gasteiger partial charge in [-0.05, 0) is 54.7 Å². The van der Waals surface area contributed by atoms with Crippen molar-refractivity contribution in [1.29, 1.82) is 0 Å². The van der Waals surface area contributed by atoms with Crippen molar-refractivity contribution >= 4 is 28.5 Å². The third-order valence-electron chi connectivity index (χ3n) is 7.60. The first-order valence-electron chi connectivity index (χ1n) is 14.4. The van der Waals surface area contributed by atoms with E-state index in [4.69, 9.17) is 20.2 Å². The molecule has 0 spiro atoms. The quantitative estimate of drug-likeness (QED) is 0.203. The number of piperidine rings is 1. The van der Waals surface area contributed by atoms with Crippen molar-refractivity contribution in [1.82, 2.24) is 19.9 Å². The minimum absolute atomic E-state index is 0.0308. The third kappa shape index (κ3) is 6.35. The number of aromatic nitrogens is 3. The predicted molar refractivity (Wildman–Crippen MR) is 168 cm³/mol. The zero-order valence-corrected chi connectivity index (χ0v) is 24.2. The number of rotatable bonds is 7. The van der Waals surface area contributed by atoms with Crippen LogP contribution in [-0.4, -0.2) is 45.1 Å². The molecule has 2 aromatic heterocycles. The normalized spacial score (nSPS) is 16.6. The number of nitrogens with one attached hydrogen (secondary N) is 1. The van der Waals surface area contributed by atoms with Crippen LogP contribution in [0.3, 0.4) is 0 Å². The summed E-state index contributed by atoms with van der Waals surface area (Å²) in [5, 5.41) is 5.28. The van der Waals surface area contributed by atoms with Crippen LogP contribution in [0, 0.1) is 12.8 Å². The lowest BCUT2D eigenvalue weighted by atomic mass is 9.96. The number of fused-ring (bicyclic) bond motifs is 1. The molecule has 0 saturated carbocycles. The minimum atomic E-state index is -0.320. The van der Waals surface area contributed by atoms with Crippen LogP contribution in [-0.2, 0) is 11.3 Å². The molecule has 0 bridgehead atoms. The number of anilines is 2. The van der Waals surface area contributed by atoms with Gasteiger partial charge < -0.3 is 25.4 Å². The molecule has 1 saturated heterocycles. The summed E-state index contributed by atoms with van der Waals surface area (Å²) in [6, 6.07) is 25.1. The molecule has 218 valence electrons. The van der Waals surface area contributed by atoms with Crippen molar-refractivity contribution < 1.29 is 14.3 Å². The zero-order chi connectivity index (χ0) is 29.8. The Hall–Kier alpha value is -5.18. The Morgan fingerprint density at radius 3 is 2.67 bits per heavy atom. The largest absolute Gasteiger partial charge is 0.445 e. The fourth-order valence-corrected chi connectivity index (χ4v) is 5.54. The molecular weight excluding hydrogens is 540 g/mol. The van der Waals surface area contributed by atoms with Crippen LogP contribution in [0.15, 0.2) is 91.3 Å². The Morgan fingerprint density at radius 1 is 0.953 bits per heavy atom. The van der Waals surface area contributed by atoms with Gasteiger partial charge >= 0.3 is 6.09 Å². The average molecular weight is 575 g/mol. The summed E-state index contributed by atoms with van der Waals surface area (Å²) in [7, 11) is 0.